The molecule has 1 heterocycles. The molecule has 0 unspecified atom stereocenters. The van der Waals surface area contributed by atoms with E-state index in [1.165, 1.54) is 16.9 Å². The van der Waals surface area contributed by atoms with E-state index in [1.54, 1.807) is 24.3 Å². The predicted molar refractivity (Wildman–Crippen MR) is 55.9 cm³/mol. The summed E-state index contributed by atoms with van der Waals surface area (Å²) >= 11 is 0. The van der Waals surface area contributed by atoms with Crippen LogP contribution in [-0.2, 0) is 0 Å². The van der Waals surface area contributed by atoms with Crippen LogP contribution in [0.3, 0.4) is 0 Å². The lowest BCUT2D eigenvalue weighted by Crippen LogP contribution is -2.07. The summed E-state index contributed by atoms with van der Waals surface area (Å²) in [6, 6.07) is 7.97. The van der Waals surface area contributed by atoms with Crippen LogP contribution in [0.4, 0.5) is 0 Å². The third kappa shape index (κ3) is 1.70. The number of carboxylic acid groups (broad SMARTS) is 1. The molecule has 0 aliphatic carbocycles. The van der Waals surface area contributed by atoms with E-state index in [1.807, 2.05) is 0 Å². The number of aldehydes is 1. The molecule has 16 heavy (non-hydrogen) atoms. The van der Waals surface area contributed by atoms with Crippen molar-refractivity contribution in [2.24, 2.45) is 0 Å². The molecule has 2 rings (SSSR count). The number of benzene rings is 1. The van der Waals surface area contributed by atoms with Gasteiger partial charge >= 0.3 is 5.97 Å². The number of carbonyl (C=O) groups excluding carboxylic acids is 1. The Morgan fingerprint density at radius 2 is 2.19 bits per heavy atom. The van der Waals surface area contributed by atoms with Gasteiger partial charge < -0.3 is 5.11 Å². The Morgan fingerprint density at radius 1 is 1.38 bits per heavy atom. The first-order valence-electron chi connectivity index (χ1n) is 4.55. The minimum Gasteiger partial charge on any atom is -0.477 e. The van der Waals surface area contributed by atoms with E-state index in [4.69, 9.17) is 5.11 Å². The van der Waals surface area contributed by atoms with Crippen molar-refractivity contribution in [1.29, 1.82) is 0 Å². The number of aromatic nitrogens is 2. The summed E-state index contributed by atoms with van der Waals surface area (Å²) in [5.41, 5.74) is 1.08. The Morgan fingerprint density at radius 3 is 2.88 bits per heavy atom. The average molecular weight is 216 g/mol. The standard InChI is InChI=1S/C11H8N2O3/c14-7-8-2-1-3-9(6-8)13-10(11(15)16)4-5-12-13/h1-7H,(H,15,16). The second-order valence-electron chi connectivity index (χ2n) is 3.15. The molecule has 0 aliphatic heterocycles. The Hall–Kier alpha value is -2.43. The molecule has 1 N–H and O–H groups in total. The molecule has 0 bridgehead atoms. The smallest absolute Gasteiger partial charge is 0.354 e. The van der Waals surface area contributed by atoms with Crippen LogP contribution in [0.15, 0.2) is 36.5 Å². The fraction of sp³-hybridized carbons (Fsp3) is 0. The Balaban J connectivity index is 2.54. The number of hydrogen-bond donors (Lipinski definition) is 1. The van der Waals surface area contributed by atoms with E-state index >= 15 is 0 Å². The summed E-state index contributed by atoms with van der Waals surface area (Å²) < 4.78 is 1.27. The van der Waals surface area contributed by atoms with Gasteiger partial charge in [-0.15, -0.1) is 0 Å². The highest BCUT2D eigenvalue weighted by atomic mass is 16.4. The van der Waals surface area contributed by atoms with Crippen molar-refractivity contribution in [1.82, 2.24) is 9.78 Å². The molecular weight excluding hydrogens is 208 g/mol. The SMILES string of the molecule is O=Cc1cccc(-n2nccc2C(=O)O)c1. The van der Waals surface area contributed by atoms with E-state index in [0.717, 1.165) is 0 Å². The zero-order chi connectivity index (χ0) is 11.5. The van der Waals surface area contributed by atoms with E-state index in [0.29, 0.717) is 17.5 Å². The Bertz CT molecular complexity index is 546. The van der Waals surface area contributed by atoms with Gasteiger partial charge in [0.1, 0.15) is 6.29 Å². The molecule has 0 fully saturated rings. The maximum Gasteiger partial charge on any atom is 0.354 e. The number of rotatable bonds is 3. The van der Waals surface area contributed by atoms with Gasteiger partial charge in [-0.1, -0.05) is 12.1 Å². The number of carbonyl (C=O) groups is 2. The third-order valence-electron chi connectivity index (χ3n) is 2.11. The molecule has 0 amide bonds. The Labute approximate surface area is 90.9 Å². The topological polar surface area (TPSA) is 72.2 Å². The van der Waals surface area contributed by atoms with Gasteiger partial charge in [0.05, 0.1) is 11.9 Å². The lowest BCUT2D eigenvalue weighted by Gasteiger charge is -2.04. The quantitative estimate of drug-likeness (QED) is 0.787. The second kappa shape index (κ2) is 3.98. The van der Waals surface area contributed by atoms with Crippen LogP contribution in [0.1, 0.15) is 20.8 Å². The van der Waals surface area contributed by atoms with Gasteiger partial charge in [0, 0.05) is 5.56 Å². The highest BCUT2D eigenvalue weighted by molar-refractivity contribution is 5.86. The molecule has 0 spiro atoms. The first kappa shape index (κ1) is 10.1. The highest BCUT2D eigenvalue weighted by Crippen LogP contribution is 2.11. The number of carboxylic acids is 1. The van der Waals surface area contributed by atoms with Crippen LogP contribution in [0.2, 0.25) is 0 Å². The van der Waals surface area contributed by atoms with E-state index < -0.39 is 5.97 Å². The van der Waals surface area contributed by atoms with Gasteiger partial charge in [0.15, 0.2) is 5.69 Å². The molecule has 5 heteroatoms. The van der Waals surface area contributed by atoms with Gasteiger partial charge in [-0.2, -0.15) is 5.10 Å². The molecule has 1 aromatic heterocycles. The summed E-state index contributed by atoms with van der Waals surface area (Å²) in [6.07, 6.45) is 2.10. The molecule has 5 nitrogen and oxygen atoms in total. The summed E-state index contributed by atoms with van der Waals surface area (Å²) in [6.45, 7) is 0. The molecule has 0 aliphatic rings. The van der Waals surface area contributed by atoms with Crippen molar-refractivity contribution < 1.29 is 14.7 Å². The van der Waals surface area contributed by atoms with Crippen molar-refractivity contribution in [3.63, 3.8) is 0 Å². The number of aromatic carboxylic acids is 1. The first-order chi connectivity index (χ1) is 7.72. The summed E-state index contributed by atoms with van der Waals surface area (Å²) in [5.74, 6) is -1.06. The lowest BCUT2D eigenvalue weighted by molar-refractivity contribution is 0.0687. The van der Waals surface area contributed by atoms with Crippen LogP contribution >= 0.6 is 0 Å². The zero-order valence-electron chi connectivity index (χ0n) is 8.20. The van der Waals surface area contributed by atoms with Gasteiger partial charge in [0.25, 0.3) is 0 Å². The normalized spacial score (nSPS) is 10.0. The van der Waals surface area contributed by atoms with Gasteiger partial charge in [-0.3, -0.25) is 4.79 Å². The zero-order valence-corrected chi connectivity index (χ0v) is 8.20. The summed E-state index contributed by atoms with van der Waals surface area (Å²) in [7, 11) is 0. The number of nitrogens with zero attached hydrogens (tertiary/aromatic N) is 2. The van der Waals surface area contributed by atoms with Crippen LogP contribution in [0, 0.1) is 0 Å². The fourth-order valence-corrected chi connectivity index (χ4v) is 1.40. The van der Waals surface area contributed by atoms with Crippen molar-refractivity contribution in [2.75, 3.05) is 0 Å². The maximum atomic E-state index is 10.9. The van der Waals surface area contributed by atoms with Gasteiger partial charge in [0.2, 0.25) is 0 Å². The lowest BCUT2D eigenvalue weighted by atomic mass is 10.2. The minimum absolute atomic E-state index is 0.0584. The molecule has 0 saturated carbocycles. The number of hydrogen-bond acceptors (Lipinski definition) is 3. The third-order valence-corrected chi connectivity index (χ3v) is 2.11. The average Bonchev–Trinajstić information content (AvgIpc) is 2.78. The molecule has 0 saturated heterocycles. The minimum atomic E-state index is -1.06. The molecule has 1 aromatic carbocycles. The molecule has 0 atom stereocenters. The summed E-state index contributed by atoms with van der Waals surface area (Å²) in [4.78, 5) is 21.5. The summed E-state index contributed by atoms with van der Waals surface area (Å²) in [5, 5.41) is 12.8. The van der Waals surface area contributed by atoms with Crippen LogP contribution in [-0.4, -0.2) is 27.1 Å². The van der Waals surface area contributed by atoms with Crippen molar-refractivity contribution >= 4 is 12.3 Å². The van der Waals surface area contributed by atoms with E-state index in [2.05, 4.69) is 5.10 Å². The maximum absolute atomic E-state index is 10.9. The second-order valence-corrected chi connectivity index (χ2v) is 3.15. The van der Waals surface area contributed by atoms with Crippen molar-refractivity contribution in [2.45, 2.75) is 0 Å². The van der Waals surface area contributed by atoms with Crippen molar-refractivity contribution in [3.05, 3.63) is 47.8 Å². The van der Waals surface area contributed by atoms with E-state index in [9.17, 15) is 9.59 Å². The molecular formula is C11H8N2O3. The van der Waals surface area contributed by atoms with Gasteiger partial charge in [-0.25, -0.2) is 9.48 Å². The molecule has 2 aromatic rings. The highest BCUT2D eigenvalue weighted by Gasteiger charge is 2.11. The van der Waals surface area contributed by atoms with Crippen LogP contribution in [0.25, 0.3) is 5.69 Å². The largest absolute Gasteiger partial charge is 0.477 e. The van der Waals surface area contributed by atoms with Crippen molar-refractivity contribution in [3.8, 4) is 5.69 Å². The fourth-order valence-electron chi connectivity index (χ4n) is 1.40. The van der Waals surface area contributed by atoms with Crippen LogP contribution < -0.4 is 0 Å². The Kier molecular flexibility index (Phi) is 2.51. The van der Waals surface area contributed by atoms with Crippen LogP contribution in [0.5, 0.6) is 0 Å². The van der Waals surface area contributed by atoms with Gasteiger partial charge in [-0.05, 0) is 18.2 Å². The molecule has 0 radical (unpaired) electrons. The monoisotopic (exact) mass is 216 g/mol. The predicted octanol–water partition coefficient (Wildman–Crippen LogP) is 1.38. The first-order valence-corrected chi connectivity index (χ1v) is 4.55. The van der Waals surface area contributed by atoms with E-state index in [-0.39, 0.29) is 5.69 Å². The molecule has 80 valence electrons.